The molecule has 0 radical (unpaired) electrons. The molecule has 0 saturated heterocycles. The van der Waals surface area contributed by atoms with Gasteiger partial charge in [-0.2, -0.15) is 0 Å². The van der Waals surface area contributed by atoms with Crippen molar-refractivity contribution < 1.29 is 18.3 Å². The first-order chi connectivity index (χ1) is 19.9. The average Bonchev–Trinajstić information content (AvgIpc) is 3.65. The minimum absolute atomic E-state index is 0. The third-order valence-electron chi connectivity index (χ3n) is 10.2. The molecule has 44 heavy (non-hydrogen) atoms. The van der Waals surface area contributed by atoms with E-state index in [-0.39, 0.29) is 35.6 Å². The quantitative estimate of drug-likeness (QED) is 0.171. The molecule has 0 saturated carbocycles. The normalized spacial score (nSPS) is 14.3. The van der Waals surface area contributed by atoms with E-state index >= 15 is 0 Å². The van der Waals surface area contributed by atoms with Crippen LogP contribution in [-0.4, -0.2) is 4.21 Å². The molecule has 0 fully saturated rings. The zero-order chi connectivity index (χ0) is 29.9. The van der Waals surface area contributed by atoms with Crippen molar-refractivity contribution in [1.29, 1.82) is 0 Å². The molecule has 4 aromatic rings. The van der Waals surface area contributed by atoms with Gasteiger partial charge in [-0.15, -0.1) is 24.8 Å². The van der Waals surface area contributed by atoms with Gasteiger partial charge < -0.3 is 0 Å². The molecule has 4 aromatic carbocycles. The molecule has 0 unspecified atom stereocenters. The molecule has 2 aliphatic carbocycles. The van der Waals surface area contributed by atoms with Crippen LogP contribution in [0.1, 0.15) is 82.7 Å². The van der Waals surface area contributed by atoms with Crippen molar-refractivity contribution in [2.45, 2.75) is 78.6 Å². The predicted octanol–water partition coefficient (Wildman–Crippen LogP) is 9.50. The monoisotopic (exact) mass is 700 g/mol. The van der Waals surface area contributed by atoms with Crippen LogP contribution in [0.5, 0.6) is 0 Å². The van der Waals surface area contributed by atoms with Crippen molar-refractivity contribution in [3.8, 4) is 11.1 Å². The van der Waals surface area contributed by atoms with Gasteiger partial charge in [-0.05, 0) is 0 Å². The first kappa shape index (κ1) is 34.6. The first-order valence-electron chi connectivity index (χ1n) is 15.7. The first-order valence-corrected chi connectivity index (χ1v) is 22.4. The summed E-state index contributed by atoms with van der Waals surface area (Å²) in [7, 11) is 0. The van der Waals surface area contributed by atoms with Gasteiger partial charge in [-0.1, -0.05) is 0 Å². The van der Waals surface area contributed by atoms with E-state index in [9.17, 15) is 0 Å². The van der Waals surface area contributed by atoms with Crippen molar-refractivity contribution in [3.05, 3.63) is 134 Å². The van der Waals surface area contributed by atoms with Crippen LogP contribution in [0.25, 0.3) is 11.1 Å². The average molecular weight is 703 g/mol. The van der Waals surface area contributed by atoms with E-state index in [4.69, 9.17) is 4.21 Å². The molecule has 0 aliphatic heterocycles. The SMILES string of the molecule is Cl.Cl.[CH2]=[Zr]([C]1=CC=CC1)([c]1ccccc1)([c]1ccc(CC)cc1)[c]1cc(C(C)(C)C)cc2c1Cc1ccc(C(C)(C)C)cc1-2. The van der Waals surface area contributed by atoms with E-state index in [0.717, 1.165) is 19.3 Å². The van der Waals surface area contributed by atoms with Crippen LogP contribution in [0.2, 0.25) is 0 Å². The van der Waals surface area contributed by atoms with E-state index in [1.807, 2.05) is 0 Å². The summed E-state index contributed by atoms with van der Waals surface area (Å²) in [5.74, 6) is 0. The van der Waals surface area contributed by atoms with E-state index < -0.39 is 18.3 Å². The van der Waals surface area contributed by atoms with E-state index in [1.165, 1.54) is 52.0 Å². The molecule has 3 heteroatoms. The fraction of sp³-hybridized carbons (Fsp3) is 0.293. The number of allylic oxidation sites excluding steroid dienone is 4. The molecule has 0 N–H and O–H groups in total. The Morgan fingerprint density at radius 2 is 1.32 bits per heavy atom. The Hall–Kier alpha value is -2.31. The van der Waals surface area contributed by atoms with E-state index in [1.54, 1.807) is 0 Å². The van der Waals surface area contributed by atoms with Crippen LogP contribution >= 0.6 is 24.8 Å². The fourth-order valence-corrected chi connectivity index (χ4v) is 22.9. The Balaban J connectivity index is 0.00000221. The van der Waals surface area contributed by atoms with Crippen molar-refractivity contribution in [3.63, 3.8) is 0 Å². The van der Waals surface area contributed by atoms with Gasteiger partial charge in [0.15, 0.2) is 0 Å². The van der Waals surface area contributed by atoms with Crippen LogP contribution in [0.15, 0.2) is 106 Å². The summed E-state index contributed by atoms with van der Waals surface area (Å²) in [6.45, 7) is 16.3. The molecule has 0 nitrogen and oxygen atoms in total. The molecule has 0 aromatic heterocycles. The van der Waals surface area contributed by atoms with E-state index in [2.05, 4.69) is 152 Å². The van der Waals surface area contributed by atoms with Gasteiger partial charge >= 0.3 is 256 Å². The van der Waals surface area contributed by atoms with Crippen LogP contribution < -0.4 is 9.81 Å². The van der Waals surface area contributed by atoms with E-state index in [0.29, 0.717) is 0 Å². The maximum atomic E-state index is 5.67. The number of fused-ring (bicyclic) bond motifs is 3. The summed E-state index contributed by atoms with van der Waals surface area (Å²) >= 11 is -4.71. The van der Waals surface area contributed by atoms with Gasteiger partial charge in [0.2, 0.25) is 0 Å². The fourth-order valence-electron chi connectivity index (χ4n) is 7.46. The molecule has 0 atom stereocenters. The Labute approximate surface area is 279 Å². The van der Waals surface area contributed by atoms with Gasteiger partial charge in [0.25, 0.3) is 0 Å². The standard InChI is InChI=1S/C21H25.C8H9.C6H5.C5H5.CH2.2ClH.Zr/c1-20(2,3)16-9-7-14-11-15-8-10-17(21(4,5)6)13-19(15)18(14)12-16;1-2-8-6-4-3-5-7-8;1-2-4-6-5-3-1;1-2-4-5-3-1;;;;/h7,9-10,12-13H,11H2,1-6H3;4-7H,2H2,1H3;1-5H;1-3H,4H2;1H2;2*1H;. The van der Waals surface area contributed by atoms with Crippen LogP contribution in [0.4, 0.5) is 0 Å². The van der Waals surface area contributed by atoms with Crippen molar-refractivity contribution >= 4 is 38.8 Å². The number of halogens is 2. The van der Waals surface area contributed by atoms with Gasteiger partial charge in [-0.3, -0.25) is 0 Å². The van der Waals surface area contributed by atoms with Gasteiger partial charge in [-0.25, -0.2) is 0 Å². The number of aryl methyl sites for hydroxylation is 1. The minimum atomic E-state index is -4.71. The number of benzene rings is 4. The Morgan fingerprint density at radius 1 is 0.705 bits per heavy atom. The molecule has 0 bridgehead atoms. The summed E-state index contributed by atoms with van der Waals surface area (Å²) in [6.07, 6.45) is 10.0. The molecule has 2 aliphatic rings. The Morgan fingerprint density at radius 3 is 1.89 bits per heavy atom. The molecule has 0 heterocycles. The van der Waals surface area contributed by atoms with Crippen molar-refractivity contribution in [2.24, 2.45) is 0 Å². The summed E-state index contributed by atoms with van der Waals surface area (Å²) < 4.78 is 11.6. The molecular formula is C41H48Cl2Zr. The molecular weight excluding hydrogens is 655 g/mol. The zero-order valence-corrected chi connectivity index (χ0v) is 31.6. The summed E-state index contributed by atoms with van der Waals surface area (Å²) in [5.41, 5.74) is 10.1. The summed E-state index contributed by atoms with van der Waals surface area (Å²) in [5, 5.41) is 0. The number of hydrogen-bond acceptors (Lipinski definition) is 0. The van der Waals surface area contributed by atoms with Crippen molar-refractivity contribution in [1.82, 2.24) is 0 Å². The van der Waals surface area contributed by atoms with Gasteiger partial charge in [0, 0.05) is 0 Å². The summed E-state index contributed by atoms with van der Waals surface area (Å²) in [6, 6.07) is 33.4. The molecule has 230 valence electrons. The van der Waals surface area contributed by atoms with Crippen LogP contribution in [0.3, 0.4) is 0 Å². The Bertz CT molecular complexity index is 1810. The predicted molar refractivity (Wildman–Crippen MR) is 197 cm³/mol. The Kier molecular flexibility index (Phi) is 9.53. The zero-order valence-electron chi connectivity index (χ0n) is 27.5. The number of hydrogen-bond donors (Lipinski definition) is 0. The second-order valence-electron chi connectivity index (χ2n) is 14.8. The third kappa shape index (κ3) is 5.32. The maximum absolute atomic E-state index is 5.67. The second-order valence-corrected chi connectivity index (χ2v) is 27.7. The molecule has 0 amide bonds. The van der Waals surface area contributed by atoms with Crippen LogP contribution in [-0.2, 0) is 42.0 Å². The topological polar surface area (TPSA) is 0 Å². The van der Waals surface area contributed by atoms with Crippen LogP contribution in [0, 0.1) is 0 Å². The van der Waals surface area contributed by atoms with Gasteiger partial charge in [0.1, 0.15) is 0 Å². The molecule has 6 rings (SSSR count). The summed E-state index contributed by atoms with van der Waals surface area (Å²) in [4.78, 5) is 0. The van der Waals surface area contributed by atoms with Crippen molar-refractivity contribution in [2.75, 3.05) is 0 Å². The number of rotatable bonds is 5. The third-order valence-corrected chi connectivity index (χ3v) is 26.6. The second kappa shape index (κ2) is 12.1. The van der Waals surface area contributed by atoms with Gasteiger partial charge in [0.05, 0.1) is 0 Å². The molecule has 0 spiro atoms.